The fourth-order valence-corrected chi connectivity index (χ4v) is 5.14. The van der Waals surface area contributed by atoms with Gasteiger partial charge in [0.25, 0.3) is 5.91 Å². The van der Waals surface area contributed by atoms with E-state index in [0.717, 1.165) is 24.5 Å². The molecule has 0 radical (unpaired) electrons. The molecule has 4 aromatic rings. The number of hydrogen-bond donors (Lipinski definition) is 0. The van der Waals surface area contributed by atoms with E-state index in [9.17, 15) is 18.0 Å². The van der Waals surface area contributed by atoms with E-state index in [4.69, 9.17) is 23.2 Å². The molecule has 190 valence electrons. The van der Waals surface area contributed by atoms with Crippen LogP contribution < -0.4 is 0 Å². The van der Waals surface area contributed by atoms with Crippen LogP contribution in [-0.4, -0.2) is 33.2 Å². The summed E-state index contributed by atoms with van der Waals surface area (Å²) in [7, 11) is 0. The first-order valence-corrected chi connectivity index (χ1v) is 12.5. The average Bonchev–Trinajstić information content (AvgIpc) is 3.53. The SMILES string of the molecule is O=C(c1ccc(-c2cc(C(F)(F)F)nn2-c2ccccc2Cl)cc1)N1CCCC1Cc1ccccc1Cl. The van der Waals surface area contributed by atoms with Gasteiger partial charge in [0.2, 0.25) is 0 Å². The fraction of sp³-hybridized carbons (Fsp3) is 0.214. The molecule has 1 aromatic heterocycles. The molecule has 1 aliphatic heterocycles. The van der Waals surface area contributed by atoms with Crippen LogP contribution in [0.4, 0.5) is 13.2 Å². The molecule has 0 N–H and O–H groups in total. The van der Waals surface area contributed by atoms with Gasteiger partial charge in [-0.3, -0.25) is 4.79 Å². The summed E-state index contributed by atoms with van der Waals surface area (Å²) < 4.78 is 41.7. The highest BCUT2D eigenvalue weighted by molar-refractivity contribution is 6.32. The van der Waals surface area contributed by atoms with E-state index in [1.54, 1.807) is 48.5 Å². The number of likely N-dealkylation sites (tertiary alicyclic amines) is 1. The van der Waals surface area contributed by atoms with Gasteiger partial charge in [0.15, 0.2) is 5.69 Å². The molecule has 4 nitrogen and oxygen atoms in total. The quantitative estimate of drug-likeness (QED) is 0.258. The molecule has 1 atom stereocenters. The summed E-state index contributed by atoms with van der Waals surface area (Å²) >= 11 is 12.6. The van der Waals surface area contributed by atoms with Crippen LogP contribution in [0, 0.1) is 0 Å². The number of alkyl halides is 3. The number of carbonyl (C=O) groups excluding carboxylic acids is 1. The molecule has 0 saturated carbocycles. The lowest BCUT2D eigenvalue weighted by Crippen LogP contribution is -2.36. The van der Waals surface area contributed by atoms with Crippen molar-refractivity contribution in [3.63, 3.8) is 0 Å². The first-order valence-electron chi connectivity index (χ1n) is 11.8. The number of aromatic nitrogens is 2. The minimum atomic E-state index is -4.62. The standard InChI is InChI=1S/C28H22Cl2F3N3O/c29-22-8-2-1-6-20(22)16-21-7-5-15-35(21)27(37)19-13-11-18(12-14-19)25-17-26(28(31,32)33)34-36(25)24-10-4-3-9-23(24)30/h1-4,6,8-14,17,21H,5,7,15-16H2. The van der Waals surface area contributed by atoms with E-state index in [1.165, 1.54) is 4.68 Å². The average molecular weight is 544 g/mol. The molecular formula is C28H22Cl2F3N3O. The van der Waals surface area contributed by atoms with E-state index in [-0.39, 0.29) is 22.7 Å². The smallest absolute Gasteiger partial charge is 0.335 e. The zero-order valence-corrected chi connectivity index (χ0v) is 21.1. The summed E-state index contributed by atoms with van der Waals surface area (Å²) in [4.78, 5) is 15.2. The normalized spacial score (nSPS) is 15.8. The van der Waals surface area contributed by atoms with Crippen molar-refractivity contribution in [3.8, 4) is 16.9 Å². The minimum Gasteiger partial charge on any atom is -0.335 e. The van der Waals surface area contributed by atoms with Crippen LogP contribution in [0.1, 0.15) is 34.5 Å². The number of nitrogens with zero attached hydrogens (tertiary/aromatic N) is 3. The maximum Gasteiger partial charge on any atom is 0.435 e. The Balaban J connectivity index is 1.43. The highest BCUT2D eigenvalue weighted by Gasteiger charge is 2.35. The van der Waals surface area contributed by atoms with Crippen LogP contribution >= 0.6 is 23.2 Å². The third-order valence-corrected chi connectivity index (χ3v) is 7.25. The van der Waals surface area contributed by atoms with Crippen molar-refractivity contribution < 1.29 is 18.0 Å². The second-order valence-corrected chi connectivity index (χ2v) is 9.76. The van der Waals surface area contributed by atoms with Crippen molar-refractivity contribution in [1.29, 1.82) is 0 Å². The van der Waals surface area contributed by atoms with Gasteiger partial charge < -0.3 is 4.90 Å². The predicted octanol–water partition coefficient (Wildman–Crippen LogP) is 7.71. The van der Waals surface area contributed by atoms with Crippen LogP contribution in [-0.2, 0) is 12.6 Å². The molecular weight excluding hydrogens is 522 g/mol. The summed E-state index contributed by atoms with van der Waals surface area (Å²) in [6.45, 7) is 0.643. The van der Waals surface area contributed by atoms with E-state index in [0.29, 0.717) is 34.8 Å². The number of hydrogen-bond acceptors (Lipinski definition) is 2. The van der Waals surface area contributed by atoms with Gasteiger partial charge >= 0.3 is 6.18 Å². The Morgan fingerprint density at radius 1 is 0.946 bits per heavy atom. The lowest BCUT2D eigenvalue weighted by Gasteiger charge is -2.25. The second-order valence-electron chi connectivity index (χ2n) is 8.94. The minimum absolute atomic E-state index is 0.0306. The largest absolute Gasteiger partial charge is 0.435 e. The number of halogens is 5. The van der Waals surface area contributed by atoms with Crippen LogP contribution in [0.3, 0.4) is 0 Å². The number of benzene rings is 3. The summed E-state index contributed by atoms with van der Waals surface area (Å²) in [5.41, 5.74) is 1.47. The Morgan fingerprint density at radius 3 is 2.30 bits per heavy atom. The molecule has 1 amide bonds. The molecule has 37 heavy (non-hydrogen) atoms. The lowest BCUT2D eigenvalue weighted by molar-refractivity contribution is -0.141. The summed E-state index contributed by atoms with van der Waals surface area (Å²) in [6, 6.07) is 21.7. The highest BCUT2D eigenvalue weighted by Crippen LogP contribution is 2.35. The molecule has 0 aliphatic carbocycles. The Morgan fingerprint density at radius 2 is 1.62 bits per heavy atom. The van der Waals surface area contributed by atoms with Crippen LogP contribution in [0.5, 0.6) is 0 Å². The number of para-hydroxylation sites is 1. The van der Waals surface area contributed by atoms with E-state index in [1.807, 2.05) is 29.2 Å². The molecule has 0 spiro atoms. The zero-order chi connectivity index (χ0) is 26.2. The Labute approximate surface area is 222 Å². The third kappa shape index (κ3) is 5.24. The van der Waals surface area contributed by atoms with Crippen LogP contribution in [0.2, 0.25) is 10.0 Å². The monoisotopic (exact) mass is 543 g/mol. The first-order chi connectivity index (χ1) is 17.7. The van der Waals surface area contributed by atoms with Crippen molar-refractivity contribution in [1.82, 2.24) is 14.7 Å². The molecule has 1 aliphatic rings. The van der Waals surface area contributed by atoms with E-state index < -0.39 is 11.9 Å². The summed E-state index contributed by atoms with van der Waals surface area (Å²) in [5.74, 6) is -0.114. The molecule has 0 bridgehead atoms. The van der Waals surface area contributed by atoms with Gasteiger partial charge in [-0.1, -0.05) is 65.7 Å². The van der Waals surface area contributed by atoms with Gasteiger partial charge in [-0.2, -0.15) is 18.3 Å². The van der Waals surface area contributed by atoms with Crippen molar-refractivity contribution in [2.45, 2.75) is 31.5 Å². The van der Waals surface area contributed by atoms with Crippen molar-refractivity contribution in [3.05, 3.63) is 106 Å². The maximum atomic E-state index is 13.5. The molecule has 9 heteroatoms. The Bertz CT molecular complexity index is 1430. The maximum absolute atomic E-state index is 13.5. The zero-order valence-electron chi connectivity index (χ0n) is 19.6. The van der Waals surface area contributed by atoms with Gasteiger partial charge in [0.05, 0.1) is 16.4 Å². The van der Waals surface area contributed by atoms with Gasteiger partial charge in [-0.15, -0.1) is 0 Å². The highest BCUT2D eigenvalue weighted by atomic mass is 35.5. The van der Waals surface area contributed by atoms with Gasteiger partial charge in [0.1, 0.15) is 0 Å². The van der Waals surface area contributed by atoms with E-state index in [2.05, 4.69) is 5.10 Å². The second kappa shape index (κ2) is 10.2. The number of rotatable bonds is 5. The van der Waals surface area contributed by atoms with Gasteiger partial charge in [0, 0.05) is 28.7 Å². The van der Waals surface area contributed by atoms with Crippen molar-refractivity contribution >= 4 is 29.1 Å². The summed E-state index contributed by atoms with van der Waals surface area (Å²) in [5, 5.41) is 4.74. The van der Waals surface area contributed by atoms with Crippen LogP contribution in [0.25, 0.3) is 16.9 Å². The Kier molecular flexibility index (Phi) is 7.01. The molecule has 3 aromatic carbocycles. The molecule has 1 fully saturated rings. The molecule has 5 rings (SSSR count). The third-order valence-electron chi connectivity index (χ3n) is 6.56. The predicted molar refractivity (Wildman–Crippen MR) is 138 cm³/mol. The number of amides is 1. The first kappa shape index (κ1) is 25.4. The summed E-state index contributed by atoms with van der Waals surface area (Å²) in [6.07, 6.45) is -2.17. The lowest BCUT2D eigenvalue weighted by atomic mass is 10.0. The van der Waals surface area contributed by atoms with E-state index >= 15 is 0 Å². The fourth-order valence-electron chi connectivity index (χ4n) is 4.71. The van der Waals surface area contributed by atoms with Crippen molar-refractivity contribution in [2.24, 2.45) is 0 Å². The van der Waals surface area contributed by atoms with Gasteiger partial charge in [-0.25, -0.2) is 4.68 Å². The Hall–Kier alpha value is -3.29. The van der Waals surface area contributed by atoms with Gasteiger partial charge in [-0.05, 0) is 61.2 Å². The molecule has 1 unspecified atom stereocenters. The topological polar surface area (TPSA) is 38.1 Å². The van der Waals surface area contributed by atoms with Crippen molar-refractivity contribution in [2.75, 3.05) is 6.54 Å². The molecule has 2 heterocycles. The molecule has 1 saturated heterocycles. The van der Waals surface area contributed by atoms with Crippen LogP contribution in [0.15, 0.2) is 78.9 Å². The number of carbonyl (C=O) groups is 1.